The van der Waals surface area contributed by atoms with E-state index in [4.69, 9.17) is 0 Å². The van der Waals surface area contributed by atoms with Crippen LogP contribution in [0.2, 0.25) is 0 Å². The molecule has 0 aromatic heterocycles. The molecule has 1 atom stereocenters. The molecule has 2 aromatic carbocycles. The van der Waals surface area contributed by atoms with Crippen LogP contribution in [0.3, 0.4) is 0 Å². The van der Waals surface area contributed by atoms with Crippen molar-refractivity contribution in [3.63, 3.8) is 0 Å². The Morgan fingerprint density at radius 1 is 1.09 bits per heavy atom. The van der Waals surface area contributed by atoms with Crippen LogP contribution in [0.4, 0.5) is 11.4 Å². The molecular weight excluding hydrogens is 426 g/mol. The van der Waals surface area contributed by atoms with Crippen LogP contribution in [0.15, 0.2) is 41.3 Å². The van der Waals surface area contributed by atoms with Crippen LogP contribution in [-0.2, 0) is 25.0 Å². The third-order valence-electron chi connectivity index (χ3n) is 6.73. The van der Waals surface area contributed by atoms with Gasteiger partial charge in [0, 0.05) is 25.0 Å². The molecule has 4 rings (SSSR count). The van der Waals surface area contributed by atoms with Gasteiger partial charge in [0.1, 0.15) is 6.04 Å². The molecule has 2 aromatic rings. The molecule has 1 fully saturated rings. The molecule has 0 radical (unpaired) electrons. The number of nitrogens with zero attached hydrogens (tertiary/aromatic N) is 2. The summed E-state index contributed by atoms with van der Waals surface area (Å²) in [6, 6.07) is 9.65. The zero-order chi connectivity index (χ0) is 23.4. The second kappa shape index (κ2) is 7.71. The number of rotatable bonds is 4. The number of carbonyl (C=O) groups is 2. The summed E-state index contributed by atoms with van der Waals surface area (Å²) in [7, 11) is -2.21. The van der Waals surface area contributed by atoms with Gasteiger partial charge >= 0.3 is 0 Å². The molecule has 1 unspecified atom stereocenters. The third kappa shape index (κ3) is 3.51. The smallest absolute Gasteiger partial charge is 0.243 e. The van der Waals surface area contributed by atoms with E-state index in [2.05, 4.69) is 5.32 Å². The molecule has 0 spiro atoms. The van der Waals surface area contributed by atoms with Crippen LogP contribution >= 0.6 is 0 Å². The second-order valence-corrected chi connectivity index (χ2v) is 11.1. The number of amides is 2. The quantitative estimate of drug-likeness (QED) is 0.766. The van der Waals surface area contributed by atoms with Crippen molar-refractivity contribution in [3.05, 3.63) is 53.1 Å². The Balaban J connectivity index is 1.62. The number of aryl methyl sites for hydroxylation is 2. The van der Waals surface area contributed by atoms with Crippen molar-refractivity contribution in [1.29, 1.82) is 0 Å². The maximum Gasteiger partial charge on any atom is 0.243 e. The Morgan fingerprint density at radius 3 is 2.50 bits per heavy atom. The maximum absolute atomic E-state index is 13.5. The third-order valence-corrected chi connectivity index (χ3v) is 8.63. The molecule has 0 aliphatic carbocycles. The van der Waals surface area contributed by atoms with Gasteiger partial charge < -0.3 is 10.2 Å². The highest BCUT2D eigenvalue weighted by Crippen LogP contribution is 2.42. The van der Waals surface area contributed by atoms with Gasteiger partial charge in [-0.25, -0.2) is 8.42 Å². The van der Waals surface area contributed by atoms with Crippen molar-refractivity contribution in [2.45, 2.75) is 56.9 Å². The molecule has 1 N–H and O–H groups in total. The van der Waals surface area contributed by atoms with Gasteiger partial charge in [0.25, 0.3) is 0 Å². The van der Waals surface area contributed by atoms with Gasteiger partial charge in [-0.05, 0) is 87.6 Å². The number of sulfonamides is 1. The van der Waals surface area contributed by atoms with E-state index in [9.17, 15) is 18.0 Å². The number of hydrogen-bond acceptors (Lipinski definition) is 4. The highest BCUT2D eigenvalue weighted by molar-refractivity contribution is 7.89. The lowest BCUT2D eigenvalue weighted by Gasteiger charge is -2.24. The summed E-state index contributed by atoms with van der Waals surface area (Å²) in [6.45, 7) is 7.84. The summed E-state index contributed by atoms with van der Waals surface area (Å²) in [5, 5.41) is 2.88. The molecule has 170 valence electrons. The van der Waals surface area contributed by atoms with E-state index in [0.717, 1.165) is 11.1 Å². The molecule has 2 aliphatic rings. The average molecular weight is 456 g/mol. The number of benzene rings is 2. The van der Waals surface area contributed by atoms with Crippen LogP contribution in [-0.4, -0.2) is 44.2 Å². The van der Waals surface area contributed by atoms with Gasteiger partial charge in [0.15, 0.2) is 0 Å². The van der Waals surface area contributed by atoms with Crippen LogP contribution < -0.4 is 10.2 Å². The van der Waals surface area contributed by atoms with Crippen molar-refractivity contribution in [2.24, 2.45) is 0 Å². The second-order valence-electron chi connectivity index (χ2n) is 9.23. The van der Waals surface area contributed by atoms with E-state index in [1.54, 1.807) is 37.9 Å². The van der Waals surface area contributed by atoms with E-state index in [-0.39, 0.29) is 23.3 Å². The molecule has 32 heavy (non-hydrogen) atoms. The van der Waals surface area contributed by atoms with Crippen LogP contribution in [0, 0.1) is 13.8 Å². The van der Waals surface area contributed by atoms with E-state index in [0.29, 0.717) is 29.8 Å². The van der Waals surface area contributed by atoms with Gasteiger partial charge in [0.05, 0.1) is 10.3 Å². The first-order valence-electron chi connectivity index (χ1n) is 10.8. The average Bonchev–Trinajstić information content (AvgIpc) is 3.31. The highest BCUT2D eigenvalue weighted by atomic mass is 32.2. The minimum atomic E-state index is -3.90. The lowest BCUT2D eigenvalue weighted by atomic mass is 9.86. The first-order chi connectivity index (χ1) is 14.9. The van der Waals surface area contributed by atoms with Crippen molar-refractivity contribution in [1.82, 2.24) is 4.31 Å². The van der Waals surface area contributed by atoms with Crippen LogP contribution in [0.5, 0.6) is 0 Å². The standard InChI is InChI=1S/C24H29N3O4S/c1-15-8-9-17(13-16(15)2)25-22(28)21-7-6-12-27(21)32(30,31)18-10-11-20-19(14-18)24(3,4)23(29)26(20)5/h8-11,13-14,21H,6-7,12H2,1-5H3,(H,25,28). The summed E-state index contributed by atoms with van der Waals surface area (Å²) in [5.41, 5.74) is 3.42. The lowest BCUT2D eigenvalue weighted by molar-refractivity contribution is -0.122. The number of likely N-dealkylation sites (N-methyl/N-ethyl adjacent to an activating group) is 1. The molecule has 8 heteroatoms. The molecule has 2 heterocycles. The fourth-order valence-electron chi connectivity index (χ4n) is 4.58. The zero-order valence-corrected chi connectivity index (χ0v) is 19.9. The van der Waals surface area contributed by atoms with E-state index < -0.39 is 21.5 Å². The summed E-state index contributed by atoms with van der Waals surface area (Å²) in [5.74, 6) is -0.403. The minimum Gasteiger partial charge on any atom is -0.325 e. The normalized spacial score (nSPS) is 20.5. The summed E-state index contributed by atoms with van der Waals surface area (Å²) >= 11 is 0. The molecule has 0 bridgehead atoms. The van der Waals surface area contributed by atoms with Crippen molar-refractivity contribution >= 4 is 33.2 Å². The predicted molar refractivity (Wildman–Crippen MR) is 124 cm³/mol. The molecule has 2 aliphatic heterocycles. The summed E-state index contributed by atoms with van der Waals surface area (Å²) < 4.78 is 28.3. The topological polar surface area (TPSA) is 86.8 Å². The molecule has 0 saturated carbocycles. The van der Waals surface area contributed by atoms with Crippen molar-refractivity contribution in [3.8, 4) is 0 Å². The number of hydrogen-bond donors (Lipinski definition) is 1. The number of carbonyl (C=O) groups excluding carboxylic acids is 2. The Hall–Kier alpha value is -2.71. The van der Waals surface area contributed by atoms with E-state index in [1.807, 2.05) is 32.0 Å². The molecule has 1 saturated heterocycles. The fraction of sp³-hybridized carbons (Fsp3) is 0.417. The van der Waals surface area contributed by atoms with Crippen molar-refractivity contribution < 1.29 is 18.0 Å². The Labute approximate surface area is 189 Å². The molecular formula is C24H29N3O4S. The number of anilines is 2. The summed E-state index contributed by atoms with van der Waals surface area (Å²) in [6.07, 6.45) is 1.08. The van der Waals surface area contributed by atoms with Gasteiger partial charge in [-0.2, -0.15) is 4.31 Å². The van der Waals surface area contributed by atoms with Crippen LogP contribution in [0.25, 0.3) is 0 Å². The Morgan fingerprint density at radius 2 is 1.81 bits per heavy atom. The maximum atomic E-state index is 13.5. The first-order valence-corrected chi connectivity index (χ1v) is 12.2. The van der Waals surface area contributed by atoms with Gasteiger partial charge in [-0.1, -0.05) is 6.07 Å². The predicted octanol–water partition coefficient (Wildman–Crippen LogP) is 3.35. The Bertz CT molecular complexity index is 1220. The monoisotopic (exact) mass is 455 g/mol. The number of nitrogens with one attached hydrogen (secondary N) is 1. The molecule has 2 amide bonds. The Kier molecular flexibility index (Phi) is 5.41. The van der Waals surface area contributed by atoms with E-state index in [1.165, 1.54) is 10.4 Å². The minimum absolute atomic E-state index is 0.0751. The first kappa shape index (κ1) is 22.5. The number of fused-ring (bicyclic) bond motifs is 1. The highest BCUT2D eigenvalue weighted by Gasteiger charge is 2.44. The lowest BCUT2D eigenvalue weighted by Crippen LogP contribution is -2.43. The largest absolute Gasteiger partial charge is 0.325 e. The summed E-state index contributed by atoms with van der Waals surface area (Å²) in [4.78, 5) is 27.2. The van der Waals surface area contributed by atoms with Gasteiger partial charge in [0.2, 0.25) is 21.8 Å². The van der Waals surface area contributed by atoms with Gasteiger partial charge in [-0.3, -0.25) is 9.59 Å². The fourth-order valence-corrected chi connectivity index (χ4v) is 6.27. The zero-order valence-electron chi connectivity index (χ0n) is 19.1. The SMILES string of the molecule is Cc1ccc(NC(=O)C2CCCN2S(=O)(=O)c2ccc3c(c2)C(C)(C)C(=O)N3C)cc1C. The van der Waals surface area contributed by atoms with E-state index >= 15 is 0 Å². The van der Waals surface area contributed by atoms with Gasteiger partial charge in [-0.15, -0.1) is 0 Å². The van der Waals surface area contributed by atoms with Crippen molar-refractivity contribution in [2.75, 3.05) is 23.8 Å². The van der Waals surface area contributed by atoms with Crippen LogP contribution in [0.1, 0.15) is 43.4 Å². The molecule has 7 nitrogen and oxygen atoms in total.